The van der Waals surface area contributed by atoms with Crippen LogP contribution in [0.15, 0.2) is 59.6 Å². The van der Waals surface area contributed by atoms with Crippen LogP contribution in [0.5, 0.6) is 0 Å². The third kappa shape index (κ3) is 3.97. The van der Waals surface area contributed by atoms with Crippen molar-refractivity contribution >= 4 is 33.0 Å². The van der Waals surface area contributed by atoms with Crippen molar-refractivity contribution in [3.05, 3.63) is 65.6 Å². The highest BCUT2D eigenvalue weighted by Gasteiger charge is 2.53. The first-order valence-electron chi connectivity index (χ1n) is 11.4. The number of nitrogens with one attached hydrogen (secondary N) is 1. The Labute approximate surface area is 198 Å². The van der Waals surface area contributed by atoms with Gasteiger partial charge < -0.3 is 9.88 Å². The monoisotopic (exact) mass is 483 g/mol. The van der Waals surface area contributed by atoms with E-state index in [0.29, 0.717) is 36.4 Å². The number of sulfone groups is 1. The molecule has 0 saturated heterocycles. The molecular formula is C25H26ClN3O3S. The zero-order valence-corrected chi connectivity index (χ0v) is 19.8. The number of hydrogen-bond donors (Lipinski definition) is 1. The number of benzene rings is 2. The quantitative estimate of drug-likeness (QED) is 0.536. The molecule has 2 heterocycles. The second kappa shape index (κ2) is 8.61. The maximum Gasteiger partial charge on any atom is 0.246 e. The highest BCUT2D eigenvalue weighted by molar-refractivity contribution is 7.93. The molecule has 1 aromatic heterocycles. The van der Waals surface area contributed by atoms with Crippen LogP contribution in [-0.4, -0.2) is 28.6 Å². The topological polar surface area (TPSA) is 81.1 Å². The Morgan fingerprint density at radius 2 is 1.79 bits per heavy atom. The van der Waals surface area contributed by atoms with Crippen molar-refractivity contribution in [2.24, 2.45) is 0 Å². The Balaban J connectivity index is 1.44. The van der Waals surface area contributed by atoms with Crippen LogP contribution in [0.2, 0.25) is 5.02 Å². The molecule has 2 aromatic carbocycles. The summed E-state index contributed by atoms with van der Waals surface area (Å²) in [6.07, 6.45) is 7.33. The summed E-state index contributed by atoms with van der Waals surface area (Å²) in [5.41, 5.74) is 2.34. The molecule has 1 aliphatic heterocycles. The van der Waals surface area contributed by atoms with E-state index < -0.39 is 20.5 Å². The minimum atomic E-state index is -3.89. The zero-order chi connectivity index (χ0) is 23.1. The lowest BCUT2D eigenvalue weighted by molar-refractivity contribution is -0.118. The fraction of sp³-hybridized carbons (Fsp3) is 0.360. The molecule has 6 nitrogen and oxygen atoms in total. The van der Waals surface area contributed by atoms with Gasteiger partial charge in [0.25, 0.3) is 0 Å². The number of halogens is 1. The third-order valence-corrected chi connectivity index (χ3v) is 9.56. The largest absolute Gasteiger partial charge is 0.334 e. The van der Waals surface area contributed by atoms with Crippen molar-refractivity contribution in [2.75, 3.05) is 5.32 Å². The summed E-state index contributed by atoms with van der Waals surface area (Å²) >= 11 is 5.94. The van der Waals surface area contributed by atoms with Gasteiger partial charge in [-0.15, -0.1) is 0 Å². The fourth-order valence-electron chi connectivity index (χ4n) is 4.96. The van der Waals surface area contributed by atoms with Crippen LogP contribution < -0.4 is 5.32 Å². The van der Waals surface area contributed by atoms with Crippen LogP contribution >= 0.6 is 11.6 Å². The van der Waals surface area contributed by atoms with Crippen LogP contribution in [0.1, 0.15) is 44.3 Å². The highest BCUT2D eigenvalue weighted by Crippen LogP contribution is 2.42. The number of imidazole rings is 1. The second-order valence-corrected chi connectivity index (χ2v) is 11.6. The van der Waals surface area contributed by atoms with E-state index in [2.05, 4.69) is 16.1 Å². The van der Waals surface area contributed by atoms with E-state index in [4.69, 9.17) is 16.6 Å². The van der Waals surface area contributed by atoms with Gasteiger partial charge in [-0.2, -0.15) is 0 Å². The van der Waals surface area contributed by atoms with Crippen LogP contribution in [0, 0.1) is 0 Å². The summed E-state index contributed by atoms with van der Waals surface area (Å²) in [5, 5.41) is 3.36. The Morgan fingerprint density at radius 1 is 1.03 bits per heavy atom. The summed E-state index contributed by atoms with van der Waals surface area (Å²) in [5.74, 6) is 0.612. The highest BCUT2D eigenvalue weighted by atomic mass is 35.5. The van der Waals surface area contributed by atoms with E-state index in [0.717, 1.165) is 42.9 Å². The number of hydrogen-bond acceptors (Lipinski definition) is 4. The number of amides is 1. The molecule has 1 saturated carbocycles. The Morgan fingerprint density at radius 3 is 2.52 bits per heavy atom. The Kier molecular flexibility index (Phi) is 5.79. The first-order valence-corrected chi connectivity index (χ1v) is 13.2. The minimum absolute atomic E-state index is 0.126. The number of aryl methyl sites for hydroxylation is 2. The molecule has 0 unspecified atom stereocenters. The molecule has 0 spiro atoms. The van der Waals surface area contributed by atoms with Gasteiger partial charge in [0.2, 0.25) is 5.91 Å². The predicted molar refractivity (Wildman–Crippen MR) is 129 cm³/mol. The van der Waals surface area contributed by atoms with E-state index in [9.17, 15) is 13.2 Å². The lowest BCUT2D eigenvalue weighted by atomic mass is 10.1. The maximum atomic E-state index is 13.6. The number of fused-ring (bicyclic) bond motifs is 1. The van der Waals surface area contributed by atoms with Gasteiger partial charge in [0.1, 0.15) is 5.82 Å². The average Bonchev–Trinajstić information content (AvgIpc) is 3.48. The zero-order valence-electron chi connectivity index (χ0n) is 18.3. The molecule has 0 bridgehead atoms. The van der Waals surface area contributed by atoms with Crippen LogP contribution in [-0.2, 0) is 27.6 Å². The van der Waals surface area contributed by atoms with Gasteiger partial charge in [-0.3, -0.25) is 4.79 Å². The van der Waals surface area contributed by atoms with Gasteiger partial charge in [-0.1, -0.05) is 36.6 Å². The molecule has 1 N–H and O–H groups in total. The SMILES string of the molecule is O=C(Nc1cccc(-c2cn3c(n2)CCCC3)c1)C1(S(=O)(=O)c2ccc(Cl)cc2)CCCC1. The van der Waals surface area contributed by atoms with Crippen molar-refractivity contribution < 1.29 is 13.2 Å². The Hall–Kier alpha value is -2.64. The number of nitrogens with zero attached hydrogens (tertiary/aromatic N) is 2. The molecule has 0 atom stereocenters. The molecule has 1 amide bonds. The smallest absolute Gasteiger partial charge is 0.246 e. The van der Waals surface area contributed by atoms with Crippen LogP contribution in [0.4, 0.5) is 5.69 Å². The summed E-state index contributed by atoms with van der Waals surface area (Å²) < 4.78 is 27.9. The first kappa shape index (κ1) is 22.2. The Bertz CT molecular complexity index is 1270. The molecule has 1 aliphatic carbocycles. The summed E-state index contributed by atoms with van der Waals surface area (Å²) in [4.78, 5) is 18.4. The molecule has 1 fully saturated rings. The summed E-state index contributed by atoms with van der Waals surface area (Å²) in [6, 6.07) is 13.5. The maximum absolute atomic E-state index is 13.6. The van der Waals surface area contributed by atoms with E-state index in [1.165, 1.54) is 12.1 Å². The van der Waals surface area contributed by atoms with Gasteiger partial charge in [0, 0.05) is 35.4 Å². The molecule has 0 radical (unpaired) electrons. The number of carbonyl (C=O) groups is 1. The number of anilines is 1. The normalized spacial score (nSPS) is 17.5. The standard InChI is InChI=1S/C25H26ClN3O3S/c26-19-9-11-21(12-10-19)33(31,32)25(13-2-3-14-25)24(30)27-20-7-5-6-18(16-20)22-17-29-15-4-1-8-23(29)28-22/h5-7,9-12,16-17H,1-4,8,13-15H2,(H,27,30). The van der Waals surface area contributed by atoms with E-state index in [1.54, 1.807) is 18.2 Å². The predicted octanol–water partition coefficient (Wildman–Crippen LogP) is 5.27. The summed E-state index contributed by atoms with van der Waals surface area (Å²) in [7, 11) is -3.89. The van der Waals surface area contributed by atoms with Crippen molar-refractivity contribution in [1.29, 1.82) is 0 Å². The van der Waals surface area contributed by atoms with E-state index >= 15 is 0 Å². The summed E-state index contributed by atoms with van der Waals surface area (Å²) in [6.45, 7) is 0.976. The fourth-order valence-corrected chi connectivity index (χ4v) is 7.15. The van der Waals surface area contributed by atoms with E-state index in [-0.39, 0.29) is 4.90 Å². The molecule has 172 valence electrons. The molecule has 5 rings (SSSR count). The van der Waals surface area contributed by atoms with Gasteiger partial charge >= 0.3 is 0 Å². The van der Waals surface area contributed by atoms with E-state index in [1.807, 2.05) is 18.2 Å². The number of aromatic nitrogens is 2. The molecule has 2 aliphatic rings. The second-order valence-electron chi connectivity index (χ2n) is 8.89. The van der Waals surface area contributed by atoms with Crippen molar-refractivity contribution in [2.45, 2.75) is 61.1 Å². The number of rotatable bonds is 5. The molecule has 33 heavy (non-hydrogen) atoms. The third-order valence-electron chi connectivity index (χ3n) is 6.79. The first-order chi connectivity index (χ1) is 15.9. The average molecular weight is 484 g/mol. The lowest BCUT2D eigenvalue weighted by Gasteiger charge is -2.27. The van der Waals surface area contributed by atoms with Gasteiger partial charge in [-0.05, 0) is 62.1 Å². The van der Waals surface area contributed by atoms with Gasteiger partial charge in [0.15, 0.2) is 14.6 Å². The molecule has 8 heteroatoms. The molecule has 3 aromatic rings. The van der Waals surface area contributed by atoms with Crippen molar-refractivity contribution in [3.8, 4) is 11.3 Å². The van der Waals surface area contributed by atoms with Crippen molar-refractivity contribution in [1.82, 2.24) is 9.55 Å². The lowest BCUT2D eigenvalue weighted by Crippen LogP contribution is -2.47. The van der Waals surface area contributed by atoms with Crippen LogP contribution in [0.3, 0.4) is 0 Å². The van der Waals surface area contributed by atoms with Gasteiger partial charge in [-0.25, -0.2) is 13.4 Å². The minimum Gasteiger partial charge on any atom is -0.334 e. The van der Waals surface area contributed by atoms with Gasteiger partial charge in [0.05, 0.1) is 10.6 Å². The molecular weight excluding hydrogens is 458 g/mol. The van der Waals surface area contributed by atoms with Crippen LogP contribution in [0.25, 0.3) is 11.3 Å². The van der Waals surface area contributed by atoms with Crippen molar-refractivity contribution in [3.63, 3.8) is 0 Å². The number of carbonyl (C=O) groups excluding carboxylic acids is 1.